The van der Waals surface area contributed by atoms with Gasteiger partial charge in [-0.25, -0.2) is 8.42 Å². The number of nitrogens with zero attached hydrogens (tertiary/aromatic N) is 2. The molecule has 0 aliphatic heterocycles. The number of anilines is 1. The van der Waals surface area contributed by atoms with Crippen molar-refractivity contribution in [1.29, 1.82) is 0 Å². The van der Waals surface area contributed by atoms with E-state index in [0.717, 1.165) is 21.0 Å². The zero-order valence-corrected chi connectivity index (χ0v) is 27.0. The van der Waals surface area contributed by atoms with E-state index in [4.69, 9.17) is 4.74 Å². The topological polar surface area (TPSA) is 96.0 Å². The van der Waals surface area contributed by atoms with Gasteiger partial charge in [-0.05, 0) is 55.7 Å². The number of para-hydroxylation sites is 2. The summed E-state index contributed by atoms with van der Waals surface area (Å²) in [5.74, 6) is -0.531. The van der Waals surface area contributed by atoms with Gasteiger partial charge in [-0.3, -0.25) is 13.9 Å². The normalized spacial score (nSPS) is 12.5. The van der Waals surface area contributed by atoms with Crippen molar-refractivity contribution in [2.75, 3.05) is 18.0 Å². The smallest absolute Gasteiger partial charge is 0.264 e. The molecule has 1 N–H and O–H groups in total. The average Bonchev–Trinajstić information content (AvgIpc) is 3.05. The van der Waals surface area contributed by atoms with Crippen LogP contribution in [0.5, 0.6) is 5.75 Å². The number of carbonyl (C=O) groups is 2. The minimum atomic E-state index is -4.22. The van der Waals surface area contributed by atoms with E-state index in [-0.39, 0.29) is 35.5 Å². The Morgan fingerprint density at radius 3 is 2.11 bits per heavy atom. The highest BCUT2D eigenvalue weighted by atomic mass is 32.2. The van der Waals surface area contributed by atoms with E-state index in [1.54, 1.807) is 42.5 Å². The van der Waals surface area contributed by atoms with Gasteiger partial charge in [0.25, 0.3) is 10.0 Å². The number of amides is 2. The van der Waals surface area contributed by atoms with Crippen LogP contribution in [0.1, 0.15) is 37.0 Å². The Kier molecular flexibility index (Phi) is 11.4. The molecule has 0 bridgehead atoms. The maximum absolute atomic E-state index is 14.6. The lowest BCUT2D eigenvalue weighted by atomic mass is 10.0. The number of rotatable bonds is 14. The number of nitrogens with one attached hydrogen (secondary N) is 1. The molecular weight excluding hydrogens is 586 g/mol. The van der Waals surface area contributed by atoms with Crippen molar-refractivity contribution in [3.63, 3.8) is 0 Å². The summed E-state index contributed by atoms with van der Waals surface area (Å²) in [5.41, 5.74) is 2.93. The molecule has 0 saturated heterocycles. The Labute approximate surface area is 266 Å². The molecule has 4 aromatic carbocycles. The van der Waals surface area contributed by atoms with Crippen molar-refractivity contribution in [2.24, 2.45) is 0 Å². The molecule has 0 fully saturated rings. The summed E-state index contributed by atoms with van der Waals surface area (Å²) in [6.45, 7) is 5.41. The first-order valence-electron chi connectivity index (χ1n) is 15.0. The van der Waals surface area contributed by atoms with Crippen LogP contribution in [-0.2, 0) is 32.6 Å². The molecule has 0 spiro atoms. The van der Waals surface area contributed by atoms with Crippen molar-refractivity contribution in [3.05, 3.63) is 126 Å². The first kappa shape index (κ1) is 33.3. The minimum Gasteiger partial charge on any atom is -0.495 e. The second-order valence-corrected chi connectivity index (χ2v) is 12.9. The number of benzene rings is 4. The highest BCUT2D eigenvalue weighted by molar-refractivity contribution is 7.92. The van der Waals surface area contributed by atoms with E-state index >= 15 is 0 Å². The molecule has 2 atom stereocenters. The first-order valence-corrected chi connectivity index (χ1v) is 16.5. The number of ether oxygens (including phenoxy) is 1. The summed E-state index contributed by atoms with van der Waals surface area (Å²) in [6, 6.07) is 30.9. The third-order valence-electron chi connectivity index (χ3n) is 7.67. The van der Waals surface area contributed by atoms with Crippen molar-refractivity contribution in [3.8, 4) is 5.75 Å². The van der Waals surface area contributed by atoms with Crippen LogP contribution < -0.4 is 14.4 Å². The summed E-state index contributed by atoms with van der Waals surface area (Å²) in [5, 5.41) is 3.06. The highest BCUT2D eigenvalue weighted by Gasteiger charge is 2.35. The lowest BCUT2D eigenvalue weighted by Gasteiger charge is -2.34. The third kappa shape index (κ3) is 8.51. The maximum Gasteiger partial charge on any atom is 0.264 e. The Morgan fingerprint density at radius 1 is 0.844 bits per heavy atom. The Morgan fingerprint density at radius 2 is 1.47 bits per heavy atom. The number of hydrogen-bond acceptors (Lipinski definition) is 5. The van der Waals surface area contributed by atoms with Gasteiger partial charge in [0.1, 0.15) is 18.3 Å². The SMILES string of the molecule is CCC(C)NC(=O)C(Cc1ccccc1)N(Cc1cccc(C)c1)C(=O)CN(c1ccccc1OC)S(=O)(=O)c1ccccc1. The summed E-state index contributed by atoms with van der Waals surface area (Å²) < 4.78 is 34.9. The fourth-order valence-electron chi connectivity index (χ4n) is 5.07. The molecule has 236 valence electrons. The summed E-state index contributed by atoms with van der Waals surface area (Å²) in [4.78, 5) is 30.1. The van der Waals surface area contributed by atoms with Crippen molar-refractivity contribution in [1.82, 2.24) is 10.2 Å². The molecule has 4 rings (SSSR count). The predicted octanol–water partition coefficient (Wildman–Crippen LogP) is 5.75. The van der Waals surface area contributed by atoms with Crippen LogP contribution in [0, 0.1) is 6.92 Å². The number of sulfonamides is 1. The highest BCUT2D eigenvalue weighted by Crippen LogP contribution is 2.32. The van der Waals surface area contributed by atoms with Crippen molar-refractivity contribution < 1.29 is 22.7 Å². The quantitative estimate of drug-likeness (QED) is 0.192. The molecule has 0 saturated carbocycles. The van der Waals surface area contributed by atoms with Crippen LogP contribution in [0.15, 0.2) is 114 Å². The summed E-state index contributed by atoms with van der Waals surface area (Å²) in [6.07, 6.45) is 0.966. The van der Waals surface area contributed by atoms with E-state index in [9.17, 15) is 18.0 Å². The summed E-state index contributed by atoms with van der Waals surface area (Å²) in [7, 11) is -2.77. The van der Waals surface area contributed by atoms with Gasteiger partial charge < -0.3 is 15.0 Å². The van der Waals surface area contributed by atoms with Gasteiger partial charge in [0.15, 0.2) is 0 Å². The number of hydrogen-bond donors (Lipinski definition) is 1. The minimum absolute atomic E-state index is 0.0317. The molecule has 45 heavy (non-hydrogen) atoms. The molecule has 9 heteroatoms. The molecular formula is C36H41N3O5S. The molecule has 2 unspecified atom stereocenters. The third-order valence-corrected chi connectivity index (χ3v) is 9.45. The Hall–Kier alpha value is -4.63. The molecule has 0 radical (unpaired) electrons. The van der Waals surface area contributed by atoms with Crippen LogP contribution in [0.2, 0.25) is 0 Å². The van der Waals surface area contributed by atoms with Gasteiger partial charge in [-0.2, -0.15) is 0 Å². The lowest BCUT2D eigenvalue weighted by Crippen LogP contribution is -2.54. The van der Waals surface area contributed by atoms with Gasteiger partial charge in [-0.15, -0.1) is 0 Å². The van der Waals surface area contributed by atoms with Crippen LogP contribution >= 0.6 is 0 Å². The zero-order valence-electron chi connectivity index (χ0n) is 26.2. The largest absolute Gasteiger partial charge is 0.495 e. The molecule has 8 nitrogen and oxygen atoms in total. The fraction of sp³-hybridized carbons (Fsp3) is 0.278. The van der Waals surface area contributed by atoms with E-state index in [2.05, 4.69) is 5.32 Å². The van der Waals surface area contributed by atoms with Gasteiger partial charge >= 0.3 is 0 Å². The lowest BCUT2D eigenvalue weighted by molar-refractivity contribution is -0.140. The van der Waals surface area contributed by atoms with Crippen LogP contribution in [0.25, 0.3) is 0 Å². The van der Waals surface area contributed by atoms with Crippen LogP contribution in [0.4, 0.5) is 5.69 Å². The number of methoxy groups -OCH3 is 1. The molecule has 0 aliphatic rings. The second-order valence-electron chi connectivity index (χ2n) is 11.0. The zero-order chi connectivity index (χ0) is 32.4. The van der Waals surface area contributed by atoms with Gasteiger partial charge in [0.2, 0.25) is 11.8 Å². The number of carbonyl (C=O) groups excluding carboxylic acids is 2. The van der Waals surface area contributed by atoms with E-state index in [1.807, 2.05) is 75.4 Å². The average molecular weight is 628 g/mol. The van der Waals surface area contributed by atoms with E-state index in [1.165, 1.54) is 24.1 Å². The van der Waals surface area contributed by atoms with Crippen molar-refractivity contribution in [2.45, 2.75) is 57.1 Å². The molecule has 2 amide bonds. The Bertz CT molecular complexity index is 1680. The Balaban J connectivity index is 1.83. The predicted molar refractivity (Wildman–Crippen MR) is 178 cm³/mol. The molecule has 0 heterocycles. The fourth-order valence-corrected chi connectivity index (χ4v) is 6.52. The van der Waals surface area contributed by atoms with Gasteiger partial charge in [-0.1, -0.05) is 97.4 Å². The van der Waals surface area contributed by atoms with Crippen molar-refractivity contribution >= 4 is 27.5 Å². The summed E-state index contributed by atoms with van der Waals surface area (Å²) >= 11 is 0. The first-order chi connectivity index (χ1) is 21.6. The maximum atomic E-state index is 14.6. The number of aryl methyl sites for hydroxylation is 1. The van der Waals surface area contributed by atoms with Gasteiger partial charge in [0.05, 0.1) is 17.7 Å². The van der Waals surface area contributed by atoms with Gasteiger partial charge in [0, 0.05) is 19.0 Å². The van der Waals surface area contributed by atoms with Crippen LogP contribution in [0.3, 0.4) is 0 Å². The van der Waals surface area contributed by atoms with Crippen LogP contribution in [-0.4, -0.2) is 50.9 Å². The second kappa shape index (κ2) is 15.4. The molecule has 0 aromatic heterocycles. The molecule has 4 aromatic rings. The monoisotopic (exact) mass is 627 g/mol. The molecule has 0 aliphatic carbocycles. The van der Waals surface area contributed by atoms with E-state index in [0.29, 0.717) is 12.2 Å². The van der Waals surface area contributed by atoms with E-state index < -0.39 is 28.5 Å². The standard InChI is InChI=1S/C36H41N3O5S/c1-5-28(3)37-36(41)33(24-29-16-8-6-9-17-29)38(25-30-18-14-15-27(2)23-30)35(40)26-39(32-21-12-13-22-34(32)44-4)45(42,43)31-19-10-7-11-20-31/h6-23,28,33H,5,24-26H2,1-4H3,(H,37,41).